The molecule has 0 bridgehead atoms. The Kier molecular flexibility index (Phi) is 5.60. The lowest BCUT2D eigenvalue weighted by atomic mass is 10.2. The number of carbonyl (C=O) groups excluding carboxylic acids is 4. The number of imide groups is 2. The molecule has 0 atom stereocenters. The van der Waals surface area contributed by atoms with Crippen molar-refractivity contribution in [2.75, 3.05) is 18.6 Å². The normalized spacial score (nSPS) is 13.9. The van der Waals surface area contributed by atoms with E-state index < -0.39 is 30.3 Å². The predicted octanol–water partition coefficient (Wildman–Crippen LogP) is 1.96. The Labute approximate surface area is 165 Å². The lowest BCUT2D eigenvalue weighted by molar-refractivity contribution is -0.140. The number of hydrogen-bond acceptors (Lipinski definition) is 5. The summed E-state index contributed by atoms with van der Waals surface area (Å²) in [6.45, 7) is -0.387. The van der Waals surface area contributed by atoms with Gasteiger partial charge in [0.2, 0.25) is 5.91 Å². The molecule has 2 aromatic rings. The summed E-state index contributed by atoms with van der Waals surface area (Å²) >= 11 is 5.88. The second-order valence-corrected chi connectivity index (χ2v) is 6.36. The van der Waals surface area contributed by atoms with E-state index in [-0.39, 0.29) is 12.2 Å². The molecule has 2 aromatic carbocycles. The van der Waals surface area contributed by atoms with E-state index in [0.29, 0.717) is 15.7 Å². The summed E-state index contributed by atoms with van der Waals surface area (Å²) < 4.78 is 5.02. The lowest BCUT2D eigenvalue weighted by Gasteiger charge is -2.15. The highest BCUT2D eigenvalue weighted by Gasteiger charge is 2.46. The molecular weight excluding hydrogens is 386 g/mol. The Morgan fingerprint density at radius 2 is 1.79 bits per heavy atom. The number of amides is 5. The van der Waals surface area contributed by atoms with E-state index in [9.17, 15) is 19.2 Å². The van der Waals surface area contributed by atoms with Crippen LogP contribution in [0.4, 0.5) is 10.5 Å². The van der Waals surface area contributed by atoms with Gasteiger partial charge in [0.15, 0.2) is 0 Å². The van der Waals surface area contributed by atoms with Gasteiger partial charge >= 0.3 is 17.8 Å². The Balaban J connectivity index is 1.66. The second kappa shape index (κ2) is 8.10. The fourth-order valence-corrected chi connectivity index (χ4v) is 2.86. The fraction of sp³-hybridized carbons (Fsp3) is 0.158. The SMILES string of the molecule is COc1ccc(N2C(=O)C(=O)N(CC(=O)NCc3cccc(Cl)c3)C2=O)cc1. The zero-order chi connectivity index (χ0) is 20.3. The minimum absolute atomic E-state index is 0.172. The van der Waals surface area contributed by atoms with Crippen LogP contribution >= 0.6 is 11.6 Å². The average molecular weight is 402 g/mol. The molecule has 0 aliphatic carbocycles. The van der Waals surface area contributed by atoms with Crippen LogP contribution in [0, 0.1) is 0 Å². The molecule has 28 heavy (non-hydrogen) atoms. The van der Waals surface area contributed by atoms with E-state index in [0.717, 1.165) is 10.5 Å². The lowest BCUT2D eigenvalue weighted by Crippen LogP contribution is -2.41. The number of nitrogens with zero attached hydrogens (tertiary/aromatic N) is 2. The minimum Gasteiger partial charge on any atom is -0.497 e. The average Bonchev–Trinajstić information content (AvgIpc) is 2.90. The Hall–Kier alpha value is -3.39. The third-order valence-electron chi connectivity index (χ3n) is 4.06. The second-order valence-electron chi connectivity index (χ2n) is 5.92. The molecule has 1 N–H and O–H groups in total. The van der Waals surface area contributed by atoms with Gasteiger partial charge in [0.25, 0.3) is 0 Å². The zero-order valence-electron chi connectivity index (χ0n) is 14.8. The van der Waals surface area contributed by atoms with Gasteiger partial charge < -0.3 is 10.1 Å². The van der Waals surface area contributed by atoms with Crippen LogP contribution in [0.25, 0.3) is 0 Å². The van der Waals surface area contributed by atoms with Crippen molar-refractivity contribution in [1.29, 1.82) is 0 Å². The summed E-state index contributed by atoms with van der Waals surface area (Å²) in [4.78, 5) is 50.4. The third kappa shape index (κ3) is 3.96. The fourth-order valence-electron chi connectivity index (χ4n) is 2.65. The van der Waals surface area contributed by atoms with Crippen LogP contribution in [0.2, 0.25) is 5.02 Å². The highest BCUT2D eigenvalue weighted by atomic mass is 35.5. The smallest absolute Gasteiger partial charge is 0.339 e. The number of benzene rings is 2. The molecule has 0 saturated carbocycles. The Bertz CT molecular complexity index is 945. The summed E-state index contributed by atoms with van der Waals surface area (Å²) in [5.74, 6) is -2.12. The first kappa shape index (κ1) is 19.4. The third-order valence-corrected chi connectivity index (χ3v) is 4.30. The Morgan fingerprint density at radius 3 is 2.43 bits per heavy atom. The van der Waals surface area contributed by atoms with Gasteiger partial charge in [-0.15, -0.1) is 0 Å². The number of halogens is 1. The van der Waals surface area contributed by atoms with E-state index in [4.69, 9.17) is 16.3 Å². The van der Waals surface area contributed by atoms with Crippen LogP contribution in [-0.2, 0) is 20.9 Å². The zero-order valence-corrected chi connectivity index (χ0v) is 15.6. The summed E-state index contributed by atoms with van der Waals surface area (Å²) in [6, 6.07) is 12.1. The number of urea groups is 1. The molecule has 1 aliphatic heterocycles. The maximum atomic E-state index is 12.5. The molecule has 0 aromatic heterocycles. The standard InChI is InChI=1S/C19H16ClN3O5/c1-28-15-7-5-14(6-8-15)23-18(26)17(25)22(19(23)27)11-16(24)21-10-12-3-2-4-13(20)9-12/h2-9H,10-11H2,1H3,(H,21,24). The largest absolute Gasteiger partial charge is 0.497 e. The maximum absolute atomic E-state index is 12.5. The minimum atomic E-state index is -1.06. The quantitative estimate of drug-likeness (QED) is 0.589. The van der Waals surface area contributed by atoms with Crippen LogP contribution in [0.15, 0.2) is 48.5 Å². The van der Waals surface area contributed by atoms with Crippen LogP contribution in [-0.4, -0.2) is 42.3 Å². The molecule has 3 rings (SSSR count). The summed E-state index contributed by atoms with van der Waals surface area (Å²) in [5, 5.41) is 3.11. The first-order valence-corrected chi connectivity index (χ1v) is 8.63. The highest BCUT2D eigenvalue weighted by Crippen LogP contribution is 2.24. The molecule has 0 radical (unpaired) electrons. The van der Waals surface area contributed by atoms with Gasteiger partial charge in [0.05, 0.1) is 12.8 Å². The Morgan fingerprint density at radius 1 is 1.07 bits per heavy atom. The van der Waals surface area contributed by atoms with Gasteiger partial charge in [0.1, 0.15) is 12.3 Å². The van der Waals surface area contributed by atoms with Crippen molar-refractivity contribution in [2.24, 2.45) is 0 Å². The van der Waals surface area contributed by atoms with Gasteiger partial charge in [-0.3, -0.25) is 14.4 Å². The first-order valence-electron chi connectivity index (χ1n) is 8.26. The van der Waals surface area contributed by atoms with Crippen LogP contribution in [0.1, 0.15) is 5.56 Å². The molecule has 5 amide bonds. The van der Waals surface area contributed by atoms with Crippen molar-refractivity contribution in [2.45, 2.75) is 6.54 Å². The van der Waals surface area contributed by atoms with E-state index in [1.807, 2.05) is 0 Å². The summed E-state index contributed by atoms with van der Waals surface area (Å²) in [6.07, 6.45) is 0. The number of rotatable bonds is 6. The topological polar surface area (TPSA) is 96.0 Å². The molecule has 1 heterocycles. The molecule has 144 valence electrons. The number of methoxy groups -OCH3 is 1. The van der Waals surface area contributed by atoms with Crippen LogP contribution in [0.3, 0.4) is 0 Å². The van der Waals surface area contributed by atoms with Gasteiger partial charge in [-0.2, -0.15) is 0 Å². The van der Waals surface area contributed by atoms with E-state index >= 15 is 0 Å². The van der Waals surface area contributed by atoms with Crippen molar-refractivity contribution >= 4 is 41.0 Å². The summed E-state index contributed by atoms with van der Waals surface area (Å²) in [5.41, 5.74) is 0.974. The van der Waals surface area contributed by atoms with E-state index in [1.165, 1.54) is 19.2 Å². The number of ether oxygens (including phenoxy) is 1. The van der Waals surface area contributed by atoms with Crippen molar-refractivity contribution in [3.8, 4) is 5.75 Å². The molecular formula is C19H16ClN3O5. The molecule has 8 nitrogen and oxygen atoms in total. The summed E-state index contributed by atoms with van der Waals surface area (Å²) in [7, 11) is 1.48. The van der Waals surface area contributed by atoms with Crippen LogP contribution < -0.4 is 15.0 Å². The molecule has 1 aliphatic rings. The van der Waals surface area contributed by atoms with E-state index in [2.05, 4.69) is 5.32 Å². The molecule has 0 spiro atoms. The van der Waals surface area contributed by atoms with Crippen molar-refractivity contribution in [3.05, 3.63) is 59.1 Å². The number of anilines is 1. The van der Waals surface area contributed by atoms with Gasteiger partial charge in [-0.05, 0) is 42.0 Å². The van der Waals surface area contributed by atoms with Crippen LogP contribution in [0.5, 0.6) is 5.75 Å². The van der Waals surface area contributed by atoms with Gasteiger partial charge in [-0.25, -0.2) is 14.6 Å². The number of nitrogens with one attached hydrogen (secondary N) is 1. The monoisotopic (exact) mass is 401 g/mol. The van der Waals surface area contributed by atoms with Gasteiger partial charge in [0, 0.05) is 11.6 Å². The molecule has 9 heteroatoms. The first-order chi connectivity index (χ1) is 13.4. The van der Waals surface area contributed by atoms with E-state index in [1.54, 1.807) is 36.4 Å². The maximum Gasteiger partial charge on any atom is 0.339 e. The highest BCUT2D eigenvalue weighted by molar-refractivity contribution is 6.53. The molecule has 0 unspecified atom stereocenters. The van der Waals surface area contributed by atoms with Crippen molar-refractivity contribution in [1.82, 2.24) is 10.2 Å². The number of hydrogen-bond donors (Lipinski definition) is 1. The number of carbonyl (C=O) groups is 4. The van der Waals surface area contributed by atoms with Crippen molar-refractivity contribution < 1.29 is 23.9 Å². The van der Waals surface area contributed by atoms with Gasteiger partial charge in [-0.1, -0.05) is 23.7 Å². The van der Waals surface area contributed by atoms with Crippen molar-refractivity contribution in [3.63, 3.8) is 0 Å². The molecule has 1 fully saturated rings. The predicted molar refractivity (Wildman–Crippen MR) is 101 cm³/mol. The molecule has 1 saturated heterocycles.